The van der Waals surface area contributed by atoms with Gasteiger partial charge in [0, 0.05) is 0 Å². The van der Waals surface area contributed by atoms with Crippen LogP contribution in [0.3, 0.4) is 0 Å². The second-order valence-electron chi connectivity index (χ2n) is 5.78. The molecule has 0 aromatic heterocycles. The van der Waals surface area contributed by atoms with Crippen molar-refractivity contribution < 1.29 is 5.11 Å². The lowest BCUT2D eigenvalue weighted by molar-refractivity contribution is 0.160. The summed E-state index contributed by atoms with van der Waals surface area (Å²) in [4.78, 5) is 0. The average Bonchev–Trinajstić information content (AvgIpc) is 2.38. The monoisotopic (exact) mass is 262 g/mol. The van der Waals surface area contributed by atoms with Crippen LogP contribution >= 0.6 is 0 Å². The van der Waals surface area contributed by atoms with Crippen LogP contribution in [0.5, 0.6) is 0 Å². The zero-order valence-corrected chi connectivity index (χ0v) is 12.9. The third-order valence-corrected chi connectivity index (χ3v) is 3.98. The first kappa shape index (κ1) is 16.2. The first-order valence-corrected chi connectivity index (χ1v) is 7.88. The molecule has 0 amide bonds. The maximum atomic E-state index is 10.2. The highest BCUT2D eigenvalue weighted by Gasteiger charge is 2.09. The molecule has 1 N–H and O–H groups in total. The molecule has 0 fully saturated rings. The SMILES string of the molecule is CCCCCCCCC(O)Cc1c(C)cccc1C. The normalized spacial score (nSPS) is 12.6. The van der Waals surface area contributed by atoms with Crippen LogP contribution in [-0.4, -0.2) is 11.2 Å². The molecule has 0 saturated heterocycles. The summed E-state index contributed by atoms with van der Waals surface area (Å²) in [6.45, 7) is 6.52. The van der Waals surface area contributed by atoms with E-state index in [2.05, 4.69) is 39.0 Å². The number of aliphatic hydroxyl groups is 1. The summed E-state index contributed by atoms with van der Waals surface area (Å²) in [6.07, 6.45) is 9.34. The van der Waals surface area contributed by atoms with Crippen molar-refractivity contribution in [3.05, 3.63) is 34.9 Å². The second kappa shape index (κ2) is 9.14. The van der Waals surface area contributed by atoms with E-state index in [1.54, 1.807) is 0 Å². The number of hydrogen-bond acceptors (Lipinski definition) is 1. The Labute approximate surface area is 119 Å². The Morgan fingerprint density at radius 1 is 0.947 bits per heavy atom. The second-order valence-corrected chi connectivity index (χ2v) is 5.78. The molecule has 0 radical (unpaired) electrons. The molecule has 0 heterocycles. The van der Waals surface area contributed by atoms with Gasteiger partial charge in [0.2, 0.25) is 0 Å². The molecule has 0 aliphatic heterocycles. The standard InChI is InChI=1S/C18H30O/c1-4-5-6-7-8-9-13-17(19)14-18-15(2)11-10-12-16(18)3/h10-12,17,19H,4-9,13-14H2,1-3H3. The Morgan fingerprint density at radius 2 is 1.53 bits per heavy atom. The van der Waals surface area contributed by atoms with Crippen molar-refractivity contribution in [3.8, 4) is 0 Å². The van der Waals surface area contributed by atoms with E-state index in [4.69, 9.17) is 0 Å². The van der Waals surface area contributed by atoms with Crippen LogP contribution in [-0.2, 0) is 6.42 Å². The quantitative estimate of drug-likeness (QED) is 0.624. The van der Waals surface area contributed by atoms with Crippen LogP contribution in [0.25, 0.3) is 0 Å². The smallest absolute Gasteiger partial charge is 0.0580 e. The van der Waals surface area contributed by atoms with Crippen molar-refractivity contribution in [3.63, 3.8) is 0 Å². The molecule has 1 rings (SSSR count). The van der Waals surface area contributed by atoms with Gasteiger partial charge in [-0.3, -0.25) is 0 Å². The maximum absolute atomic E-state index is 10.2. The van der Waals surface area contributed by atoms with Gasteiger partial charge in [-0.05, 0) is 43.4 Å². The van der Waals surface area contributed by atoms with Crippen LogP contribution in [0.4, 0.5) is 0 Å². The zero-order chi connectivity index (χ0) is 14.1. The molecule has 1 nitrogen and oxygen atoms in total. The van der Waals surface area contributed by atoms with Crippen LogP contribution in [0, 0.1) is 13.8 Å². The average molecular weight is 262 g/mol. The Balaban J connectivity index is 2.25. The van der Waals surface area contributed by atoms with Gasteiger partial charge in [-0.2, -0.15) is 0 Å². The van der Waals surface area contributed by atoms with Gasteiger partial charge in [0.25, 0.3) is 0 Å². The van der Waals surface area contributed by atoms with Crippen LogP contribution < -0.4 is 0 Å². The van der Waals surface area contributed by atoms with Crippen LogP contribution in [0.2, 0.25) is 0 Å². The lowest BCUT2D eigenvalue weighted by Crippen LogP contribution is -2.12. The fourth-order valence-electron chi connectivity index (χ4n) is 2.67. The number of aliphatic hydroxyl groups excluding tert-OH is 1. The van der Waals surface area contributed by atoms with Gasteiger partial charge in [-0.15, -0.1) is 0 Å². The minimum absolute atomic E-state index is 0.175. The summed E-state index contributed by atoms with van der Waals surface area (Å²) >= 11 is 0. The van der Waals surface area contributed by atoms with Gasteiger partial charge in [-0.1, -0.05) is 63.6 Å². The number of aryl methyl sites for hydroxylation is 2. The first-order valence-electron chi connectivity index (χ1n) is 7.88. The Morgan fingerprint density at radius 3 is 2.16 bits per heavy atom. The van der Waals surface area contributed by atoms with Crippen molar-refractivity contribution in [2.24, 2.45) is 0 Å². The van der Waals surface area contributed by atoms with E-state index in [0.717, 1.165) is 19.3 Å². The highest BCUT2D eigenvalue weighted by Crippen LogP contribution is 2.18. The number of benzene rings is 1. The highest BCUT2D eigenvalue weighted by molar-refractivity contribution is 5.33. The highest BCUT2D eigenvalue weighted by atomic mass is 16.3. The summed E-state index contributed by atoms with van der Waals surface area (Å²) in [6, 6.07) is 6.37. The van der Waals surface area contributed by atoms with Crippen LogP contribution in [0.1, 0.15) is 68.6 Å². The van der Waals surface area contributed by atoms with Gasteiger partial charge in [-0.25, -0.2) is 0 Å². The summed E-state index contributed by atoms with van der Waals surface area (Å²) < 4.78 is 0. The van der Waals surface area contributed by atoms with Crippen molar-refractivity contribution in [2.75, 3.05) is 0 Å². The van der Waals surface area contributed by atoms with Crippen molar-refractivity contribution in [1.29, 1.82) is 0 Å². The molecule has 108 valence electrons. The summed E-state index contributed by atoms with van der Waals surface area (Å²) in [5.41, 5.74) is 3.95. The van der Waals surface area contributed by atoms with Crippen LogP contribution in [0.15, 0.2) is 18.2 Å². The number of hydrogen-bond donors (Lipinski definition) is 1. The molecule has 1 atom stereocenters. The zero-order valence-electron chi connectivity index (χ0n) is 12.9. The van der Waals surface area contributed by atoms with Gasteiger partial charge in [0.1, 0.15) is 0 Å². The van der Waals surface area contributed by atoms with Gasteiger partial charge < -0.3 is 5.11 Å². The maximum Gasteiger partial charge on any atom is 0.0580 e. The van der Waals surface area contributed by atoms with E-state index in [1.807, 2.05) is 0 Å². The summed E-state index contributed by atoms with van der Waals surface area (Å²) in [5, 5.41) is 10.2. The van der Waals surface area contributed by atoms with E-state index in [9.17, 15) is 5.11 Å². The minimum Gasteiger partial charge on any atom is -0.393 e. The lowest BCUT2D eigenvalue weighted by Gasteiger charge is -2.14. The third-order valence-electron chi connectivity index (χ3n) is 3.98. The van der Waals surface area contributed by atoms with E-state index >= 15 is 0 Å². The van der Waals surface area contributed by atoms with Gasteiger partial charge in [0.05, 0.1) is 6.10 Å². The first-order chi connectivity index (χ1) is 9.15. The fourth-order valence-corrected chi connectivity index (χ4v) is 2.67. The molecule has 0 spiro atoms. The minimum atomic E-state index is -0.175. The third kappa shape index (κ3) is 6.24. The Bertz CT molecular complexity index is 336. The van der Waals surface area contributed by atoms with Crippen molar-refractivity contribution in [2.45, 2.75) is 78.2 Å². The fraction of sp³-hybridized carbons (Fsp3) is 0.667. The summed E-state index contributed by atoms with van der Waals surface area (Å²) in [5.74, 6) is 0. The Kier molecular flexibility index (Phi) is 7.81. The molecule has 0 bridgehead atoms. The van der Waals surface area contributed by atoms with E-state index in [0.29, 0.717) is 0 Å². The molecule has 0 saturated carbocycles. The van der Waals surface area contributed by atoms with Gasteiger partial charge in [0.15, 0.2) is 0 Å². The predicted molar refractivity (Wildman–Crippen MR) is 83.6 cm³/mol. The molecule has 1 unspecified atom stereocenters. The predicted octanol–water partition coefficient (Wildman–Crippen LogP) is 4.96. The molecule has 0 aliphatic rings. The van der Waals surface area contributed by atoms with E-state index < -0.39 is 0 Å². The van der Waals surface area contributed by atoms with Crippen molar-refractivity contribution >= 4 is 0 Å². The Hall–Kier alpha value is -0.820. The molecule has 0 aliphatic carbocycles. The molecule has 1 aromatic carbocycles. The topological polar surface area (TPSA) is 20.2 Å². The number of unbranched alkanes of at least 4 members (excludes halogenated alkanes) is 5. The van der Waals surface area contributed by atoms with Crippen molar-refractivity contribution in [1.82, 2.24) is 0 Å². The van der Waals surface area contributed by atoms with E-state index in [-0.39, 0.29) is 6.10 Å². The molecular formula is C18H30O. The molecule has 1 aromatic rings. The number of rotatable bonds is 9. The van der Waals surface area contributed by atoms with Gasteiger partial charge >= 0.3 is 0 Å². The molecular weight excluding hydrogens is 232 g/mol. The lowest BCUT2D eigenvalue weighted by atomic mass is 9.95. The molecule has 1 heteroatoms. The summed E-state index contributed by atoms with van der Waals surface area (Å²) in [7, 11) is 0. The molecule has 19 heavy (non-hydrogen) atoms. The van der Waals surface area contributed by atoms with E-state index in [1.165, 1.54) is 48.8 Å². The largest absolute Gasteiger partial charge is 0.393 e.